The summed E-state index contributed by atoms with van der Waals surface area (Å²) in [6, 6.07) is 0.768. The highest BCUT2D eigenvalue weighted by Crippen LogP contribution is 2.18. The molecule has 0 radical (unpaired) electrons. The summed E-state index contributed by atoms with van der Waals surface area (Å²) in [5, 5.41) is 0. The lowest BCUT2D eigenvalue weighted by atomic mass is 9.94. The Kier molecular flexibility index (Phi) is 8.26. The van der Waals surface area contributed by atoms with Gasteiger partial charge >= 0.3 is 0 Å². The van der Waals surface area contributed by atoms with Crippen LogP contribution >= 0.6 is 0 Å². The van der Waals surface area contributed by atoms with Gasteiger partial charge in [-0.3, -0.25) is 0 Å². The van der Waals surface area contributed by atoms with Gasteiger partial charge in [-0.25, -0.2) is 0 Å². The molecule has 1 atom stereocenters. The second kappa shape index (κ2) is 8.28. The Morgan fingerprint density at radius 1 is 0.857 bits per heavy atom. The molecule has 0 aliphatic rings. The molecule has 0 saturated heterocycles. The van der Waals surface area contributed by atoms with E-state index in [9.17, 15) is 0 Å². The standard InChI is InChI=1S/C13H29N/c1-6-10-14(11-7-2)12(5)13(8-3)9-4/h12-13H,6-11H2,1-5H3. The number of rotatable bonds is 8. The van der Waals surface area contributed by atoms with Crippen LogP contribution in [0.15, 0.2) is 0 Å². The number of hydrogen-bond donors (Lipinski definition) is 0. The molecule has 14 heavy (non-hydrogen) atoms. The molecule has 0 aromatic carbocycles. The van der Waals surface area contributed by atoms with E-state index in [-0.39, 0.29) is 0 Å². The van der Waals surface area contributed by atoms with Crippen molar-refractivity contribution in [1.29, 1.82) is 0 Å². The summed E-state index contributed by atoms with van der Waals surface area (Å²) in [4.78, 5) is 2.66. The Labute approximate surface area is 90.9 Å². The zero-order valence-corrected chi connectivity index (χ0v) is 10.8. The molecule has 0 aliphatic carbocycles. The lowest BCUT2D eigenvalue weighted by Gasteiger charge is -2.33. The lowest BCUT2D eigenvalue weighted by molar-refractivity contribution is 0.148. The summed E-state index contributed by atoms with van der Waals surface area (Å²) in [7, 11) is 0. The maximum atomic E-state index is 2.66. The van der Waals surface area contributed by atoms with Crippen LogP contribution in [0.3, 0.4) is 0 Å². The second-order valence-corrected chi connectivity index (χ2v) is 4.35. The third kappa shape index (κ3) is 4.45. The van der Waals surface area contributed by atoms with Gasteiger partial charge < -0.3 is 4.90 Å². The SMILES string of the molecule is CCCN(CCC)C(C)C(CC)CC. The molecule has 0 rings (SSSR count). The van der Waals surface area contributed by atoms with Gasteiger partial charge in [-0.1, -0.05) is 40.5 Å². The fraction of sp³-hybridized carbons (Fsp3) is 1.00. The van der Waals surface area contributed by atoms with E-state index < -0.39 is 0 Å². The molecule has 0 aliphatic heterocycles. The van der Waals surface area contributed by atoms with Gasteiger partial charge in [0.05, 0.1) is 0 Å². The molecule has 0 bridgehead atoms. The Morgan fingerprint density at radius 3 is 1.57 bits per heavy atom. The Bertz CT molecular complexity index is 112. The van der Waals surface area contributed by atoms with Crippen LogP contribution in [0.25, 0.3) is 0 Å². The van der Waals surface area contributed by atoms with Crippen molar-refractivity contribution in [1.82, 2.24) is 4.90 Å². The van der Waals surface area contributed by atoms with Crippen LogP contribution in [-0.2, 0) is 0 Å². The molecule has 0 heterocycles. The van der Waals surface area contributed by atoms with Gasteiger partial charge in [-0.05, 0) is 38.8 Å². The minimum absolute atomic E-state index is 0.768. The van der Waals surface area contributed by atoms with Crippen LogP contribution in [0, 0.1) is 5.92 Å². The van der Waals surface area contributed by atoms with Gasteiger partial charge in [-0.15, -0.1) is 0 Å². The fourth-order valence-corrected chi connectivity index (χ4v) is 2.36. The third-order valence-corrected chi connectivity index (χ3v) is 3.33. The number of nitrogens with zero attached hydrogens (tertiary/aromatic N) is 1. The molecular formula is C13H29N. The highest BCUT2D eigenvalue weighted by Gasteiger charge is 2.19. The molecule has 0 amide bonds. The zero-order valence-electron chi connectivity index (χ0n) is 10.8. The summed E-state index contributed by atoms with van der Waals surface area (Å²) in [6.07, 6.45) is 5.21. The fourth-order valence-electron chi connectivity index (χ4n) is 2.36. The van der Waals surface area contributed by atoms with Gasteiger partial charge in [0.15, 0.2) is 0 Å². The van der Waals surface area contributed by atoms with Crippen LogP contribution in [0.1, 0.15) is 60.3 Å². The quantitative estimate of drug-likeness (QED) is 0.572. The Hall–Kier alpha value is -0.0400. The van der Waals surface area contributed by atoms with Crippen molar-refractivity contribution in [2.24, 2.45) is 5.92 Å². The van der Waals surface area contributed by atoms with Crippen molar-refractivity contribution < 1.29 is 0 Å². The van der Waals surface area contributed by atoms with Crippen molar-refractivity contribution in [2.45, 2.75) is 66.3 Å². The molecule has 0 saturated carbocycles. The summed E-state index contributed by atoms with van der Waals surface area (Å²) in [5.74, 6) is 0.882. The minimum Gasteiger partial charge on any atom is -0.300 e. The Balaban J connectivity index is 4.16. The summed E-state index contributed by atoms with van der Waals surface area (Å²) < 4.78 is 0. The molecule has 1 unspecified atom stereocenters. The van der Waals surface area contributed by atoms with E-state index in [1.54, 1.807) is 0 Å². The summed E-state index contributed by atoms with van der Waals surface area (Å²) >= 11 is 0. The van der Waals surface area contributed by atoms with Gasteiger partial charge in [0.2, 0.25) is 0 Å². The van der Waals surface area contributed by atoms with E-state index in [1.165, 1.54) is 38.8 Å². The monoisotopic (exact) mass is 199 g/mol. The topological polar surface area (TPSA) is 3.24 Å². The molecule has 1 heteroatoms. The van der Waals surface area contributed by atoms with Crippen molar-refractivity contribution >= 4 is 0 Å². The number of hydrogen-bond acceptors (Lipinski definition) is 1. The van der Waals surface area contributed by atoms with Crippen molar-refractivity contribution in [3.05, 3.63) is 0 Å². The first-order valence-electron chi connectivity index (χ1n) is 6.45. The predicted molar refractivity (Wildman–Crippen MR) is 65.7 cm³/mol. The van der Waals surface area contributed by atoms with Gasteiger partial charge in [0.1, 0.15) is 0 Å². The van der Waals surface area contributed by atoms with E-state index in [4.69, 9.17) is 0 Å². The molecule has 0 spiro atoms. The minimum atomic E-state index is 0.768. The largest absolute Gasteiger partial charge is 0.300 e. The molecule has 0 aromatic rings. The average Bonchev–Trinajstić information content (AvgIpc) is 2.19. The smallest absolute Gasteiger partial charge is 0.00949 e. The molecule has 1 nitrogen and oxygen atoms in total. The van der Waals surface area contributed by atoms with E-state index in [0.717, 1.165) is 12.0 Å². The third-order valence-electron chi connectivity index (χ3n) is 3.33. The first-order valence-corrected chi connectivity index (χ1v) is 6.45. The highest BCUT2D eigenvalue weighted by molar-refractivity contribution is 4.73. The van der Waals surface area contributed by atoms with E-state index >= 15 is 0 Å². The van der Waals surface area contributed by atoms with E-state index in [2.05, 4.69) is 39.5 Å². The molecule has 0 aromatic heterocycles. The predicted octanol–water partition coefficient (Wildman–Crippen LogP) is 3.93. The first-order chi connectivity index (χ1) is 6.71. The highest BCUT2D eigenvalue weighted by atomic mass is 15.1. The zero-order chi connectivity index (χ0) is 11.0. The second-order valence-electron chi connectivity index (χ2n) is 4.35. The van der Waals surface area contributed by atoms with Crippen LogP contribution < -0.4 is 0 Å². The normalized spacial score (nSPS) is 13.9. The van der Waals surface area contributed by atoms with Gasteiger partial charge in [0, 0.05) is 6.04 Å². The molecule has 0 N–H and O–H groups in total. The van der Waals surface area contributed by atoms with Gasteiger partial charge in [0.25, 0.3) is 0 Å². The van der Waals surface area contributed by atoms with Crippen LogP contribution in [0.2, 0.25) is 0 Å². The maximum absolute atomic E-state index is 2.66. The van der Waals surface area contributed by atoms with Crippen molar-refractivity contribution in [3.63, 3.8) is 0 Å². The Morgan fingerprint density at radius 2 is 1.29 bits per heavy atom. The van der Waals surface area contributed by atoms with E-state index in [1.807, 2.05) is 0 Å². The molecule has 0 fully saturated rings. The first kappa shape index (κ1) is 14.0. The van der Waals surface area contributed by atoms with Crippen molar-refractivity contribution in [3.8, 4) is 0 Å². The van der Waals surface area contributed by atoms with Crippen LogP contribution in [0.4, 0.5) is 0 Å². The molecule has 86 valence electrons. The van der Waals surface area contributed by atoms with Crippen molar-refractivity contribution in [2.75, 3.05) is 13.1 Å². The average molecular weight is 199 g/mol. The maximum Gasteiger partial charge on any atom is 0.00949 e. The summed E-state index contributed by atoms with van der Waals surface area (Å²) in [5.41, 5.74) is 0. The lowest BCUT2D eigenvalue weighted by Crippen LogP contribution is -2.39. The van der Waals surface area contributed by atoms with Crippen LogP contribution in [0.5, 0.6) is 0 Å². The van der Waals surface area contributed by atoms with Gasteiger partial charge in [-0.2, -0.15) is 0 Å². The summed E-state index contributed by atoms with van der Waals surface area (Å²) in [6.45, 7) is 14.1. The molecular weight excluding hydrogens is 170 g/mol. The van der Waals surface area contributed by atoms with Crippen LogP contribution in [-0.4, -0.2) is 24.0 Å². The van der Waals surface area contributed by atoms with E-state index in [0.29, 0.717) is 0 Å².